The van der Waals surface area contributed by atoms with Crippen LogP contribution >= 0.6 is 0 Å². The monoisotopic (exact) mass is 268 g/mol. The van der Waals surface area contributed by atoms with Gasteiger partial charge >= 0.3 is 0 Å². The molecule has 4 heteroatoms. The molecule has 0 fully saturated rings. The molecule has 1 heterocycles. The molecule has 3 rings (SSSR count). The Morgan fingerprint density at radius 1 is 1.15 bits per heavy atom. The van der Waals surface area contributed by atoms with Crippen LogP contribution in [0.4, 0.5) is 0 Å². The third-order valence-electron chi connectivity index (χ3n) is 3.49. The summed E-state index contributed by atoms with van der Waals surface area (Å²) in [6, 6.07) is 15.5. The topological polar surface area (TPSA) is 53.8 Å². The van der Waals surface area contributed by atoms with Gasteiger partial charge in [0.15, 0.2) is 11.5 Å². The number of phenols is 1. The molecule has 0 bridgehead atoms. The van der Waals surface area contributed by atoms with Crippen molar-refractivity contribution in [3.63, 3.8) is 0 Å². The fourth-order valence-electron chi connectivity index (χ4n) is 2.42. The van der Waals surface area contributed by atoms with Gasteiger partial charge in [-0.15, -0.1) is 0 Å². The van der Waals surface area contributed by atoms with Crippen molar-refractivity contribution in [1.82, 2.24) is 5.43 Å². The molecule has 2 aromatic rings. The predicted molar refractivity (Wildman–Crippen MR) is 78.1 cm³/mol. The first-order valence-corrected chi connectivity index (χ1v) is 6.53. The number of nitrogens with one attached hydrogen (secondary N) is 1. The molecule has 2 N–H and O–H groups in total. The molecule has 0 saturated carbocycles. The van der Waals surface area contributed by atoms with Gasteiger partial charge in [0.25, 0.3) is 0 Å². The summed E-state index contributed by atoms with van der Waals surface area (Å²) in [5.74, 6) is 0.662. The molecule has 1 unspecified atom stereocenters. The van der Waals surface area contributed by atoms with E-state index in [0.29, 0.717) is 5.75 Å². The second kappa shape index (κ2) is 5.25. The molecule has 0 radical (unpaired) electrons. The molecule has 0 aromatic heterocycles. The van der Waals surface area contributed by atoms with Gasteiger partial charge in [-0.25, -0.2) is 0 Å². The van der Waals surface area contributed by atoms with Crippen molar-refractivity contribution in [3.8, 4) is 11.5 Å². The Kier molecular flexibility index (Phi) is 3.29. The number of aromatic hydroxyl groups is 1. The number of para-hydroxylation sites is 1. The Labute approximate surface area is 117 Å². The lowest BCUT2D eigenvalue weighted by atomic mass is 9.98. The van der Waals surface area contributed by atoms with E-state index >= 15 is 0 Å². The van der Waals surface area contributed by atoms with Crippen LogP contribution in [0.5, 0.6) is 11.5 Å². The van der Waals surface area contributed by atoms with Crippen molar-refractivity contribution in [2.75, 3.05) is 7.11 Å². The summed E-state index contributed by atoms with van der Waals surface area (Å²) < 4.78 is 5.14. The average molecular weight is 268 g/mol. The minimum atomic E-state index is -0.0275. The van der Waals surface area contributed by atoms with Crippen molar-refractivity contribution >= 4 is 5.71 Å². The molecule has 102 valence electrons. The van der Waals surface area contributed by atoms with Crippen LogP contribution in [0, 0.1) is 0 Å². The number of nitrogens with zero attached hydrogens (tertiary/aromatic N) is 1. The van der Waals surface area contributed by atoms with Gasteiger partial charge in [0.1, 0.15) is 0 Å². The minimum Gasteiger partial charge on any atom is -0.504 e. The van der Waals surface area contributed by atoms with Gasteiger partial charge in [-0.05, 0) is 11.6 Å². The third-order valence-corrected chi connectivity index (χ3v) is 3.49. The summed E-state index contributed by atoms with van der Waals surface area (Å²) in [6.45, 7) is 0. The zero-order valence-corrected chi connectivity index (χ0v) is 11.2. The van der Waals surface area contributed by atoms with Crippen LogP contribution < -0.4 is 10.2 Å². The number of benzene rings is 2. The first-order chi connectivity index (χ1) is 9.79. The fourth-order valence-corrected chi connectivity index (χ4v) is 2.42. The summed E-state index contributed by atoms with van der Waals surface area (Å²) >= 11 is 0. The summed E-state index contributed by atoms with van der Waals surface area (Å²) in [6.07, 6.45) is 0.741. The molecule has 1 aliphatic heterocycles. The van der Waals surface area contributed by atoms with Gasteiger partial charge in [-0.3, -0.25) is 0 Å². The SMILES string of the molecule is COc1cccc(C2CC(c3ccccc3)=NN2)c1O. The van der Waals surface area contributed by atoms with Crippen molar-refractivity contribution in [1.29, 1.82) is 0 Å². The molecule has 1 aliphatic rings. The van der Waals surface area contributed by atoms with Crippen LogP contribution in [0.3, 0.4) is 0 Å². The minimum absolute atomic E-state index is 0.0275. The van der Waals surface area contributed by atoms with Crippen LogP contribution in [0.1, 0.15) is 23.6 Å². The highest BCUT2D eigenvalue weighted by Gasteiger charge is 2.24. The molecule has 0 aliphatic carbocycles. The quantitative estimate of drug-likeness (QED) is 0.900. The smallest absolute Gasteiger partial charge is 0.163 e. The maximum Gasteiger partial charge on any atom is 0.163 e. The van der Waals surface area contributed by atoms with Gasteiger partial charge < -0.3 is 15.3 Å². The predicted octanol–water partition coefficient (Wildman–Crippen LogP) is 2.84. The molecular weight excluding hydrogens is 252 g/mol. The van der Waals surface area contributed by atoms with E-state index in [4.69, 9.17) is 4.74 Å². The number of hydrazone groups is 1. The van der Waals surface area contributed by atoms with Crippen LogP contribution in [0.25, 0.3) is 0 Å². The lowest BCUT2D eigenvalue weighted by Crippen LogP contribution is -2.10. The standard InChI is InChI=1S/C16H16N2O2/c1-20-15-9-5-8-12(16(15)19)14-10-13(17-18-14)11-6-3-2-4-7-11/h2-9,14,18-19H,10H2,1H3. The first kappa shape index (κ1) is 12.5. The highest BCUT2D eigenvalue weighted by Crippen LogP contribution is 2.36. The maximum absolute atomic E-state index is 10.2. The first-order valence-electron chi connectivity index (χ1n) is 6.53. The number of methoxy groups -OCH3 is 1. The highest BCUT2D eigenvalue weighted by atomic mass is 16.5. The van der Waals surface area contributed by atoms with Crippen molar-refractivity contribution < 1.29 is 9.84 Å². The molecule has 2 aromatic carbocycles. The van der Waals surface area contributed by atoms with Gasteiger partial charge in [-0.2, -0.15) is 5.10 Å². The second-order valence-corrected chi connectivity index (χ2v) is 4.71. The molecule has 0 saturated heterocycles. The lowest BCUT2D eigenvalue weighted by Gasteiger charge is -2.14. The average Bonchev–Trinajstić information content (AvgIpc) is 2.98. The number of ether oxygens (including phenoxy) is 1. The number of phenolic OH excluding ortho intramolecular Hbond substituents is 1. The summed E-state index contributed by atoms with van der Waals surface area (Å²) in [5, 5.41) is 14.6. The molecular formula is C16H16N2O2. The van der Waals surface area contributed by atoms with Gasteiger partial charge in [0, 0.05) is 12.0 Å². The Bertz CT molecular complexity index is 638. The Morgan fingerprint density at radius 2 is 1.95 bits per heavy atom. The number of hydrogen-bond acceptors (Lipinski definition) is 4. The van der Waals surface area contributed by atoms with E-state index in [1.165, 1.54) is 0 Å². The second-order valence-electron chi connectivity index (χ2n) is 4.71. The van der Waals surface area contributed by atoms with Gasteiger partial charge in [0.05, 0.1) is 18.9 Å². The van der Waals surface area contributed by atoms with Crippen LogP contribution in [0.2, 0.25) is 0 Å². The molecule has 4 nitrogen and oxygen atoms in total. The molecule has 0 amide bonds. The maximum atomic E-state index is 10.2. The Hall–Kier alpha value is -2.49. The summed E-state index contributed by atoms with van der Waals surface area (Å²) in [7, 11) is 1.55. The Balaban J connectivity index is 1.83. The van der Waals surface area contributed by atoms with E-state index in [1.54, 1.807) is 13.2 Å². The van der Waals surface area contributed by atoms with Gasteiger partial charge in [-0.1, -0.05) is 42.5 Å². The van der Waals surface area contributed by atoms with E-state index in [1.807, 2.05) is 42.5 Å². The van der Waals surface area contributed by atoms with E-state index in [0.717, 1.165) is 23.3 Å². The largest absolute Gasteiger partial charge is 0.504 e. The zero-order valence-electron chi connectivity index (χ0n) is 11.2. The molecule has 1 atom stereocenters. The molecule has 0 spiro atoms. The highest BCUT2D eigenvalue weighted by molar-refractivity contribution is 6.01. The van der Waals surface area contributed by atoms with E-state index in [-0.39, 0.29) is 11.8 Å². The van der Waals surface area contributed by atoms with Crippen LogP contribution in [-0.2, 0) is 0 Å². The zero-order chi connectivity index (χ0) is 13.9. The van der Waals surface area contributed by atoms with Crippen LogP contribution in [0.15, 0.2) is 53.6 Å². The number of hydrogen-bond donors (Lipinski definition) is 2. The summed E-state index contributed by atoms with van der Waals surface area (Å²) in [4.78, 5) is 0. The van der Waals surface area contributed by atoms with Gasteiger partial charge in [0.2, 0.25) is 0 Å². The van der Waals surface area contributed by atoms with E-state index < -0.39 is 0 Å². The number of rotatable bonds is 3. The summed E-state index contributed by atoms with van der Waals surface area (Å²) in [5.41, 5.74) is 5.99. The van der Waals surface area contributed by atoms with Crippen molar-refractivity contribution in [2.24, 2.45) is 5.10 Å². The fraction of sp³-hybridized carbons (Fsp3) is 0.188. The van der Waals surface area contributed by atoms with Crippen molar-refractivity contribution in [3.05, 3.63) is 59.7 Å². The molecule has 20 heavy (non-hydrogen) atoms. The lowest BCUT2D eigenvalue weighted by molar-refractivity contribution is 0.367. The van der Waals surface area contributed by atoms with E-state index in [2.05, 4.69) is 10.5 Å². The third kappa shape index (κ3) is 2.20. The normalized spacial score (nSPS) is 17.4. The van der Waals surface area contributed by atoms with Crippen molar-refractivity contribution in [2.45, 2.75) is 12.5 Å². The van der Waals surface area contributed by atoms with E-state index in [9.17, 15) is 5.11 Å². The Morgan fingerprint density at radius 3 is 2.70 bits per heavy atom. The van der Waals surface area contributed by atoms with Crippen LogP contribution in [-0.4, -0.2) is 17.9 Å².